The smallest absolute Gasteiger partial charge is 0.0590 e. The van der Waals surface area contributed by atoms with Crippen molar-refractivity contribution in [1.82, 2.24) is 5.32 Å². The monoisotopic (exact) mass is 263 g/mol. The number of ether oxygens (including phenoxy) is 1. The molecule has 0 amide bonds. The standard InChI is InChI=1S/C14H30ClNO/c1-4-5-14(6-8-15)12-16-9-11-17-10-7-13(2)3/h13-14,16H,4-12H2,1-3H3. The van der Waals surface area contributed by atoms with Gasteiger partial charge in [-0.25, -0.2) is 0 Å². The first-order chi connectivity index (χ1) is 8.20. The zero-order valence-electron chi connectivity index (χ0n) is 11.8. The maximum atomic E-state index is 5.79. The van der Waals surface area contributed by atoms with Gasteiger partial charge < -0.3 is 10.1 Å². The van der Waals surface area contributed by atoms with E-state index in [0.717, 1.165) is 56.9 Å². The third-order valence-electron chi connectivity index (χ3n) is 2.91. The Bertz CT molecular complexity index is 147. The van der Waals surface area contributed by atoms with Gasteiger partial charge in [-0.3, -0.25) is 0 Å². The van der Waals surface area contributed by atoms with Crippen molar-refractivity contribution in [1.29, 1.82) is 0 Å². The molecular weight excluding hydrogens is 234 g/mol. The van der Waals surface area contributed by atoms with Crippen LogP contribution in [-0.4, -0.2) is 32.2 Å². The molecule has 0 aliphatic rings. The van der Waals surface area contributed by atoms with Gasteiger partial charge in [-0.2, -0.15) is 0 Å². The quantitative estimate of drug-likeness (QED) is 0.428. The lowest BCUT2D eigenvalue weighted by molar-refractivity contribution is 0.124. The van der Waals surface area contributed by atoms with Gasteiger partial charge in [0, 0.05) is 19.0 Å². The molecule has 0 saturated heterocycles. The van der Waals surface area contributed by atoms with Crippen LogP contribution in [0.4, 0.5) is 0 Å². The maximum Gasteiger partial charge on any atom is 0.0590 e. The van der Waals surface area contributed by atoms with Crippen LogP contribution in [0, 0.1) is 11.8 Å². The van der Waals surface area contributed by atoms with Gasteiger partial charge >= 0.3 is 0 Å². The van der Waals surface area contributed by atoms with Crippen LogP contribution in [0.15, 0.2) is 0 Å². The van der Waals surface area contributed by atoms with E-state index in [1.165, 1.54) is 12.8 Å². The molecule has 1 N–H and O–H groups in total. The van der Waals surface area contributed by atoms with E-state index in [2.05, 4.69) is 26.1 Å². The summed E-state index contributed by atoms with van der Waals surface area (Å²) < 4.78 is 5.56. The first kappa shape index (κ1) is 17.2. The molecule has 1 atom stereocenters. The van der Waals surface area contributed by atoms with E-state index in [0.29, 0.717) is 0 Å². The molecule has 0 saturated carbocycles. The van der Waals surface area contributed by atoms with Crippen molar-refractivity contribution in [3.05, 3.63) is 0 Å². The topological polar surface area (TPSA) is 21.3 Å². The second kappa shape index (κ2) is 12.7. The average molecular weight is 264 g/mol. The summed E-state index contributed by atoms with van der Waals surface area (Å²) in [6.07, 6.45) is 4.80. The SMILES string of the molecule is CCCC(CCCl)CNCCOCCC(C)C. The van der Waals surface area contributed by atoms with Crippen molar-refractivity contribution < 1.29 is 4.74 Å². The van der Waals surface area contributed by atoms with Crippen molar-refractivity contribution >= 4 is 11.6 Å². The van der Waals surface area contributed by atoms with Gasteiger partial charge in [0.1, 0.15) is 0 Å². The van der Waals surface area contributed by atoms with Crippen LogP contribution in [-0.2, 0) is 4.74 Å². The Morgan fingerprint density at radius 3 is 2.47 bits per heavy atom. The Morgan fingerprint density at radius 1 is 1.12 bits per heavy atom. The summed E-state index contributed by atoms with van der Waals surface area (Å²) >= 11 is 5.79. The molecule has 0 radical (unpaired) electrons. The van der Waals surface area contributed by atoms with E-state index < -0.39 is 0 Å². The number of hydrogen-bond acceptors (Lipinski definition) is 2. The highest BCUT2D eigenvalue weighted by atomic mass is 35.5. The summed E-state index contributed by atoms with van der Waals surface area (Å²) in [5.41, 5.74) is 0. The fourth-order valence-electron chi connectivity index (χ4n) is 1.78. The minimum Gasteiger partial charge on any atom is -0.380 e. The van der Waals surface area contributed by atoms with Gasteiger partial charge in [0.05, 0.1) is 6.61 Å². The van der Waals surface area contributed by atoms with Gasteiger partial charge in [0.25, 0.3) is 0 Å². The lowest BCUT2D eigenvalue weighted by Crippen LogP contribution is -2.26. The molecule has 0 aliphatic carbocycles. The fraction of sp³-hybridized carbons (Fsp3) is 1.00. The Kier molecular flexibility index (Phi) is 12.8. The van der Waals surface area contributed by atoms with Crippen molar-refractivity contribution in [2.24, 2.45) is 11.8 Å². The predicted octanol–water partition coefficient (Wildman–Crippen LogP) is 3.68. The number of nitrogens with one attached hydrogen (secondary N) is 1. The second-order valence-corrected chi connectivity index (χ2v) is 5.51. The number of hydrogen-bond donors (Lipinski definition) is 1. The maximum absolute atomic E-state index is 5.79. The number of rotatable bonds is 12. The minimum absolute atomic E-state index is 0.730. The average Bonchev–Trinajstić information content (AvgIpc) is 2.28. The van der Waals surface area contributed by atoms with Gasteiger partial charge in [-0.05, 0) is 37.6 Å². The van der Waals surface area contributed by atoms with E-state index in [-0.39, 0.29) is 0 Å². The van der Waals surface area contributed by atoms with Gasteiger partial charge in [-0.15, -0.1) is 11.6 Å². The number of halogens is 1. The molecule has 0 aromatic heterocycles. The van der Waals surface area contributed by atoms with Gasteiger partial charge in [0.15, 0.2) is 0 Å². The van der Waals surface area contributed by atoms with E-state index in [1.54, 1.807) is 0 Å². The molecular formula is C14H30ClNO. The summed E-state index contributed by atoms with van der Waals surface area (Å²) in [6.45, 7) is 10.4. The van der Waals surface area contributed by atoms with Crippen LogP contribution in [0.2, 0.25) is 0 Å². The van der Waals surface area contributed by atoms with E-state index >= 15 is 0 Å². The summed E-state index contributed by atoms with van der Waals surface area (Å²) in [6, 6.07) is 0. The lowest BCUT2D eigenvalue weighted by atomic mass is 10.0. The molecule has 0 aliphatic heterocycles. The Hall–Kier alpha value is 0.210. The normalized spacial score (nSPS) is 13.2. The molecule has 0 rings (SSSR count). The summed E-state index contributed by atoms with van der Waals surface area (Å²) in [5, 5.41) is 3.46. The number of alkyl halides is 1. The predicted molar refractivity (Wildman–Crippen MR) is 76.9 cm³/mol. The molecule has 17 heavy (non-hydrogen) atoms. The largest absolute Gasteiger partial charge is 0.380 e. The van der Waals surface area contributed by atoms with Crippen LogP contribution < -0.4 is 5.32 Å². The van der Waals surface area contributed by atoms with Crippen LogP contribution in [0.25, 0.3) is 0 Å². The molecule has 0 bridgehead atoms. The Balaban J connectivity index is 3.29. The molecule has 0 heterocycles. The highest BCUT2D eigenvalue weighted by Crippen LogP contribution is 2.10. The zero-order chi connectivity index (χ0) is 12.9. The summed E-state index contributed by atoms with van der Waals surface area (Å²) in [7, 11) is 0. The first-order valence-electron chi connectivity index (χ1n) is 7.05. The van der Waals surface area contributed by atoms with E-state index in [4.69, 9.17) is 16.3 Å². The molecule has 0 aromatic rings. The first-order valence-corrected chi connectivity index (χ1v) is 7.58. The van der Waals surface area contributed by atoms with Crippen molar-refractivity contribution in [2.45, 2.75) is 46.5 Å². The molecule has 2 nitrogen and oxygen atoms in total. The highest BCUT2D eigenvalue weighted by molar-refractivity contribution is 6.17. The van der Waals surface area contributed by atoms with E-state index in [9.17, 15) is 0 Å². The zero-order valence-corrected chi connectivity index (χ0v) is 12.6. The van der Waals surface area contributed by atoms with Crippen LogP contribution in [0.5, 0.6) is 0 Å². The Labute approximate surface area is 112 Å². The fourth-order valence-corrected chi connectivity index (χ4v) is 2.09. The molecule has 0 spiro atoms. The van der Waals surface area contributed by atoms with Crippen molar-refractivity contribution in [2.75, 3.05) is 32.2 Å². The molecule has 104 valence electrons. The van der Waals surface area contributed by atoms with Gasteiger partial charge in [0.2, 0.25) is 0 Å². The van der Waals surface area contributed by atoms with Gasteiger partial charge in [-0.1, -0.05) is 27.2 Å². The molecule has 3 heteroatoms. The highest BCUT2D eigenvalue weighted by Gasteiger charge is 2.05. The van der Waals surface area contributed by atoms with Crippen LogP contribution in [0.3, 0.4) is 0 Å². The minimum atomic E-state index is 0.730. The van der Waals surface area contributed by atoms with Crippen molar-refractivity contribution in [3.63, 3.8) is 0 Å². The van der Waals surface area contributed by atoms with Crippen molar-refractivity contribution in [3.8, 4) is 0 Å². The lowest BCUT2D eigenvalue weighted by Gasteiger charge is -2.15. The molecule has 1 unspecified atom stereocenters. The van der Waals surface area contributed by atoms with Crippen LogP contribution in [0.1, 0.15) is 46.5 Å². The molecule has 0 fully saturated rings. The summed E-state index contributed by atoms with van der Waals surface area (Å²) in [5.74, 6) is 2.24. The Morgan fingerprint density at radius 2 is 1.88 bits per heavy atom. The summed E-state index contributed by atoms with van der Waals surface area (Å²) in [4.78, 5) is 0. The third kappa shape index (κ3) is 12.5. The third-order valence-corrected chi connectivity index (χ3v) is 3.13. The van der Waals surface area contributed by atoms with E-state index in [1.807, 2.05) is 0 Å². The van der Waals surface area contributed by atoms with Crippen LogP contribution >= 0.6 is 11.6 Å². The molecule has 0 aromatic carbocycles. The second-order valence-electron chi connectivity index (χ2n) is 5.13.